The van der Waals surface area contributed by atoms with Crippen LogP contribution < -0.4 is 20.1 Å². The standard InChI is InChI=1S/C37H56O2P2/c1-25-21-32(22-26(2)36(25)38-6)41(33-23-27(3)37(39-7)28(4)24-33)35-20-14-19-34(35)29(5)40(30-15-10-8-11-16-30)31-17-12-9-13-18-31/h21-24,29-31,34-35H,8-20H2,1-7H3/t29-,34?,35?/m0/s1. The molecule has 5 rings (SSSR count). The second-order valence-corrected chi connectivity index (χ2v) is 19.1. The van der Waals surface area contributed by atoms with Crippen molar-refractivity contribution in [2.75, 3.05) is 14.2 Å². The maximum absolute atomic E-state index is 5.83. The highest BCUT2D eigenvalue weighted by atomic mass is 31.1. The number of hydrogen-bond donors (Lipinski definition) is 0. The van der Waals surface area contributed by atoms with E-state index in [1.807, 2.05) is 14.2 Å². The van der Waals surface area contributed by atoms with Gasteiger partial charge in [-0.1, -0.05) is 59.8 Å². The Balaban J connectivity index is 1.57. The van der Waals surface area contributed by atoms with Crippen molar-refractivity contribution in [3.8, 4) is 11.5 Å². The lowest BCUT2D eigenvalue weighted by Gasteiger charge is -2.46. The summed E-state index contributed by atoms with van der Waals surface area (Å²) in [5, 5.41) is 3.12. The summed E-state index contributed by atoms with van der Waals surface area (Å²) in [5.41, 5.74) is 8.83. The molecule has 2 aromatic carbocycles. The molecular formula is C37H56O2P2. The predicted molar refractivity (Wildman–Crippen MR) is 182 cm³/mol. The van der Waals surface area contributed by atoms with Crippen LogP contribution in [-0.4, -0.2) is 36.9 Å². The Labute approximate surface area is 254 Å². The largest absolute Gasteiger partial charge is 0.496 e. The second-order valence-electron chi connectivity index (χ2n) is 13.5. The van der Waals surface area contributed by atoms with Gasteiger partial charge >= 0.3 is 0 Å². The van der Waals surface area contributed by atoms with Crippen LogP contribution in [0.3, 0.4) is 0 Å². The first-order valence-electron chi connectivity index (χ1n) is 16.7. The second kappa shape index (κ2) is 14.1. The van der Waals surface area contributed by atoms with E-state index < -0.39 is 7.92 Å². The van der Waals surface area contributed by atoms with Crippen LogP contribution in [0.15, 0.2) is 24.3 Å². The van der Waals surface area contributed by atoms with Gasteiger partial charge in [0.25, 0.3) is 0 Å². The molecule has 3 aliphatic rings. The first kappa shape index (κ1) is 31.3. The fourth-order valence-corrected chi connectivity index (χ4v) is 17.5. The summed E-state index contributed by atoms with van der Waals surface area (Å²) in [4.78, 5) is 0. The summed E-state index contributed by atoms with van der Waals surface area (Å²) in [5.74, 6) is 2.96. The molecule has 2 unspecified atom stereocenters. The molecule has 0 radical (unpaired) electrons. The average Bonchev–Trinajstić information content (AvgIpc) is 3.44. The Kier molecular flexibility index (Phi) is 10.8. The zero-order chi connectivity index (χ0) is 29.1. The number of benzene rings is 2. The molecule has 3 aliphatic carbocycles. The van der Waals surface area contributed by atoms with Crippen LogP contribution in [0.25, 0.3) is 0 Å². The van der Waals surface area contributed by atoms with Gasteiger partial charge in [0.15, 0.2) is 0 Å². The van der Waals surface area contributed by atoms with Gasteiger partial charge in [-0.15, -0.1) is 0 Å². The van der Waals surface area contributed by atoms with Crippen LogP contribution in [0, 0.1) is 33.6 Å². The van der Waals surface area contributed by atoms with E-state index in [1.54, 1.807) is 10.6 Å². The molecule has 2 nitrogen and oxygen atoms in total. The molecular weight excluding hydrogens is 538 g/mol. The van der Waals surface area contributed by atoms with Crippen LogP contribution in [0.5, 0.6) is 11.5 Å². The highest BCUT2D eigenvalue weighted by Crippen LogP contribution is 2.64. The summed E-state index contributed by atoms with van der Waals surface area (Å²) in [6.45, 7) is 11.7. The zero-order valence-electron chi connectivity index (χ0n) is 27.1. The fourth-order valence-electron chi connectivity index (χ4n) is 9.10. The Hall–Kier alpha value is -1.10. The minimum Gasteiger partial charge on any atom is -0.496 e. The van der Waals surface area contributed by atoms with Crippen molar-refractivity contribution in [1.82, 2.24) is 0 Å². The van der Waals surface area contributed by atoms with Crippen molar-refractivity contribution < 1.29 is 9.47 Å². The van der Waals surface area contributed by atoms with Crippen LogP contribution in [0.1, 0.15) is 113 Å². The van der Waals surface area contributed by atoms with E-state index in [-0.39, 0.29) is 7.92 Å². The Morgan fingerprint density at radius 1 is 0.585 bits per heavy atom. The first-order valence-corrected chi connectivity index (χ1v) is 19.7. The number of rotatable bonds is 9. The van der Waals surface area contributed by atoms with Gasteiger partial charge in [0.05, 0.1) is 14.2 Å². The van der Waals surface area contributed by atoms with Crippen LogP contribution in [0.4, 0.5) is 0 Å². The normalized spacial score (nSPS) is 23.3. The summed E-state index contributed by atoms with van der Waals surface area (Å²) < 4.78 is 11.7. The average molecular weight is 595 g/mol. The molecule has 0 N–H and O–H groups in total. The minimum atomic E-state index is -0.484. The van der Waals surface area contributed by atoms with E-state index in [1.165, 1.54) is 106 Å². The SMILES string of the molecule is COc1c(C)cc(P(c2cc(C)c(OC)c(C)c2)C2CCCC2[C@H](C)P(C2CCCCC2)C2CCCCC2)cc1C. The molecule has 0 saturated heterocycles. The van der Waals surface area contributed by atoms with Gasteiger partial charge in [0.1, 0.15) is 11.5 Å². The molecule has 0 aliphatic heterocycles. The maximum Gasteiger partial charge on any atom is 0.124 e. The first-order chi connectivity index (χ1) is 19.8. The predicted octanol–water partition coefficient (Wildman–Crippen LogP) is 10.1. The van der Waals surface area contributed by atoms with Gasteiger partial charge in [0.2, 0.25) is 0 Å². The molecule has 226 valence electrons. The quantitative estimate of drug-likeness (QED) is 0.269. The molecule has 0 bridgehead atoms. The fraction of sp³-hybridized carbons (Fsp3) is 0.676. The third-order valence-electron chi connectivity index (χ3n) is 10.8. The van der Waals surface area contributed by atoms with E-state index in [0.717, 1.165) is 40.1 Å². The van der Waals surface area contributed by atoms with E-state index >= 15 is 0 Å². The van der Waals surface area contributed by atoms with Crippen LogP contribution in [0.2, 0.25) is 0 Å². The van der Waals surface area contributed by atoms with Crippen LogP contribution >= 0.6 is 15.8 Å². The highest BCUT2D eigenvalue weighted by molar-refractivity contribution is 7.73. The summed E-state index contributed by atoms with van der Waals surface area (Å²) in [6, 6.07) is 9.93. The number of methoxy groups -OCH3 is 2. The summed E-state index contributed by atoms with van der Waals surface area (Å²) >= 11 is 0. The van der Waals surface area contributed by atoms with Gasteiger partial charge in [-0.05, 0) is 160 Å². The lowest BCUT2D eigenvalue weighted by molar-refractivity contribution is 0.408. The third-order valence-corrected chi connectivity index (χ3v) is 17.8. The molecule has 41 heavy (non-hydrogen) atoms. The molecule has 3 atom stereocenters. The van der Waals surface area contributed by atoms with Gasteiger partial charge in [-0.2, -0.15) is 0 Å². The minimum absolute atomic E-state index is 0.0715. The molecule has 2 aromatic rings. The summed E-state index contributed by atoms with van der Waals surface area (Å²) in [7, 11) is 3.23. The smallest absolute Gasteiger partial charge is 0.124 e. The van der Waals surface area contributed by atoms with Crippen molar-refractivity contribution in [2.45, 2.75) is 141 Å². The molecule has 4 heteroatoms. The lowest BCUT2D eigenvalue weighted by Crippen LogP contribution is -2.34. The Morgan fingerprint density at radius 3 is 1.39 bits per heavy atom. The Morgan fingerprint density at radius 2 is 1.00 bits per heavy atom. The van der Waals surface area contributed by atoms with Crippen LogP contribution in [-0.2, 0) is 0 Å². The van der Waals surface area contributed by atoms with Crippen molar-refractivity contribution in [1.29, 1.82) is 0 Å². The van der Waals surface area contributed by atoms with Gasteiger partial charge in [0, 0.05) is 0 Å². The van der Waals surface area contributed by atoms with E-state index in [2.05, 4.69) is 58.9 Å². The lowest BCUT2D eigenvalue weighted by atomic mass is 9.99. The highest BCUT2D eigenvalue weighted by Gasteiger charge is 2.44. The van der Waals surface area contributed by atoms with Gasteiger partial charge in [-0.25, -0.2) is 0 Å². The van der Waals surface area contributed by atoms with Gasteiger partial charge in [-0.3, -0.25) is 0 Å². The summed E-state index contributed by atoms with van der Waals surface area (Å²) in [6.07, 6.45) is 19.2. The number of ether oxygens (including phenoxy) is 2. The Bertz CT molecular complexity index is 1040. The molecule has 3 saturated carbocycles. The molecule has 3 fully saturated rings. The van der Waals surface area contributed by atoms with E-state index in [4.69, 9.17) is 9.47 Å². The zero-order valence-corrected chi connectivity index (χ0v) is 28.9. The molecule has 0 heterocycles. The topological polar surface area (TPSA) is 18.5 Å². The molecule has 0 aromatic heterocycles. The molecule has 0 spiro atoms. The maximum atomic E-state index is 5.83. The van der Waals surface area contributed by atoms with Crippen molar-refractivity contribution in [3.63, 3.8) is 0 Å². The van der Waals surface area contributed by atoms with E-state index in [9.17, 15) is 0 Å². The third kappa shape index (κ3) is 6.70. The van der Waals surface area contributed by atoms with Gasteiger partial charge < -0.3 is 9.47 Å². The number of aryl methyl sites for hydroxylation is 4. The monoisotopic (exact) mass is 594 g/mol. The van der Waals surface area contributed by atoms with E-state index in [0.29, 0.717) is 0 Å². The number of hydrogen-bond acceptors (Lipinski definition) is 2. The van der Waals surface area contributed by atoms with Crippen molar-refractivity contribution in [2.24, 2.45) is 5.92 Å². The van der Waals surface area contributed by atoms with Crippen molar-refractivity contribution in [3.05, 3.63) is 46.5 Å². The molecule has 0 amide bonds. The van der Waals surface area contributed by atoms with Crippen molar-refractivity contribution >= 4 is 26.5 Å².